The van der Waals surface area contributed by atoms with Crippen molar-refractivity contribution in [3.8, 4) is 0 Å². The first-order valence-corrected chi connectivity index (χ1v) is 8.43. The Labute approximate surface area is 136 Å². The summed E-state index contributed by atoms with van der Waals surface area (Å²) in [5, 5.41) is 0. The molecule has 0 bridgehead atoms. The van der Waals surface area contributed by atoms with Gasteiger partial charge in [-0.15, -0.1) is 11.6 Å². The number of aryl methyl sites for hydroxylation is 1. The number of carbonyl (C=O) groups excluding carboxylic acids is 1. The lowest BCUT2D eigenvalue weighted by Gasteiger charge is -2.41. The molecule has 2 fully saturated rings. The summed E-state index contributed by atoms with van der Waals surface area (Å²) in [7, 11) is 0. The van der Waals surface area contributed by atoms with Crippen LogP contribution in [0.3, 0.4) is 0 Å². The van der Waals surface area contributed by atoms with Gasteiger partial charge in [-0.05, 0) is 37.8 Å². The van der Waals surface area contributed by atoms with Gasteiger partial charge in [-0.25, -0.2) is 9.78 Å². The second kappa shape index (κ2) is 6.57. The normalized spacial score (nSPS) is 28.0. The summed E-state index contributed by atoms with van der Waals surface area (Å²) in [6, 6.07) is 8.08. The Morgan fingerprint density at radius 3 is 2.91 bits per heavy atom. The predicted molar refractivity (Wildman–Crippen MR) is 86.0 cm³/mol. The molecule has 22 heavy (non-hydrogen) atoms. The zero-order valence-corrected chi connectivity index (χ0v) is 13.6. The number of para-hydroxylation sites is 1. The first-order chi connectivity index (χ1) is 10.7. The molecule has 1 spiro atoms. The Hall–Kier alpha value is -1.10. The van der Waals surface area contributed by atoms with Crippen molar-refractivity contribution in [3.63, 3.8) is 0 Å². The van der Waals surface area contributed by atoms with Gasteiger partial charge in [-0.3, -0.25) is 4.79 Å². The van der Waals surface area contributed by atoms with Crippen molar-refractivity contribution in [3.05, 3.63) is 29.8 Å². The molecule has 2 atom stereocenters. The number of alkyl halides is 1. The molecule has 5 heteroatoms. The van der Waals surface area contributed by atoms with Crippen LogP contribution in [0, 0.1) is 6.92 Å². The molecule has 0 radical (unpaired) electrons. The summed E-state index contributed by atoms with van der Waals surface area (Å²) in [6.07, 6.45) is 4.72. The highest BCUT2D eigenvalue weighted by Gasteiger charge is 2.44. The fourth-order valence-corrected chi connectivity index (χ4v) is 3.81. The van der Waals surface area contributed by atoms with Crippen molar-refractivity contribution < 1.29 is 14.6 Å². The number of benzene rings is 1. The average Bonchev–Trinajstić information content (AvgIpc) is 2.97. The van der Waals surface area contributed by atoms with Crippen LogP contribution in [0.4, 0.5) is 5.69 Å². The van der Waals surface area contributed by atoms with Crippen LogP contribution in [-0.4, -0.2) is 30.0 Å². The molecule has 1 saturated heterocycles. The number of hydrogen-bond donors (Lipinski definition) is 0. The zero-order valence-electron chi connectivity index (χ0n) is 12.9. The summed E-state index contributed by atoms with van der Waals surface area (Å²) >= 11 is 5.87. The molecule has 120 valence electrons. The molecule has 1 aliphatic heterocycles. The van der Waals surface area contributed by atoms with Crippen molar-refractivity contribution in [2.75, 3.05) is 17.4 Å². The number of rotatable bonds is 3. The maximum atomic E-state index is 12.5. The van der Waals surface area contributed by atoms with Crippen LogP contribution in [0.1, 0.15) is 37.7 Å². The molecular weight excluding hydrogens is 302 g/mol. The van der Waals surface area contributed by atoms with Gasteiger partial charge in [0.25, 0.3) is 0 Å². The highest BCUT2D eigenvalue weighted by atomic mass is 35.5. The van der Waals surface area contributed by atoms with Crippen LogP contribution in [0.15, 0.2) is 24.3 Å². The number of amides is 1. The van der Waals surface area contributed by atoms with E-state index in [9.17, 15) is 4.79 Å². The lowest BCUT2D eigenvalue weighted by molar-refractivity contribution is -0.315. The van der Waals surface area contributed by atoms with Crippen molar-refractivity contribution in [1.29, 1.82) is 0 Å². The molecule has 1 saturated carbocycles. The van der Waals surface area contributed by atoms with Crippen molar-refractivity contribution in [2.24, 2.45) is 0 Å². The molecule has 2 aliphatic rings. The van der Waals surface area contributed by atoms with Gasteiger partial charge in [-0.2, -0.15) is 0 Å². The van der Waals surface area contributed by atoms with E-state index in [1.165, 1.54) is 0 Å². The fourth-order valence-electron chi connectivity index (χ4n) is 3.69. The van der Waals surface area contributed by atoms with Gasteiger partial charge < -0.3 is 4.90 Å². The summed E-state index contributed by atoms with van der Waals surface area (Å²) in [6.45, 7) is 2.66. The second-order valence-corrected chi connectivity index (χ2v) is 6.54. The minimum atomic E-state index is -0.226. The fraction of sp³-hybridized carbons (Fsp3) is 0.588. The number of halogens is 1. The largest absolute Gasteiger partial charge is 0.308 e. The maximum Gasteiger partial charge on any atom is 0.242 e. The van der Waals surface area contributed by atoms with E-state index in [2.05, 4.69) is 0 Å². The minimum Gasteiger partial charge on any atom is -0.308 e. The predicted octanol–water partition coefficient (Wildman–Crippen LogP) is 3.60. The second-order valence-electron chi connectivity index (χ2n) is 6.27. The van der Waals surface area contributed by atoms with Crippen LogP contribution in [0.25, 0.3) is 0 Å². The van der Waals surface area contributed by atoms with E-state index < -0.39 is 0 Å². The third kappa shape index (κ3) is 3.00. The van der Waals surface area contributed by atoms with E-state index in [4.69, 9.17) is 21.4 Å². The molecule has 2 unspecified atom stereocenters. The highest BCUT2D eigenvalue weighted by molar-refractivity contribution is 6.29. The minimum absolute atomic E-state index is 0.00477. The standard InChI is InChI=1S/C17H22ClNO3/c1-13-5-2-3-7-15(13)19(16(20)12-18)14-6-4-8-17(11-14)9-10-21-22-17/h2-3,5,7,14H,4,6,8-12H2,1H3. The molecular formula is C17H22ClNO3. The molecule has 1 aromatic carbocycles. The lowest BCUT2D eigenvalue weighted by Crippen LogP contribution is -2.49. The summed E-state index contributed by atoms with van der Waals surface area (Å²) in [5.74, 6) is -0.0493. The van der Waals surface area contributed by atoms with Crippen LogP contribution in [-0.2, 0) is 14.6 Å². The molecule has 0 aromatic heterocycles. The van der Waals surface area contributed by atoms with Gasteiger partial charge in [0.1, 0.15) is 11.5 Å². The quantitative estimate of drug-likeness (QED) is 0.630. The summed E-state index contributed by atoms with van der Waals surface area (Å²) in [5.41, 5.74) is 1.81. The number of carbonyl (C=O) groups is 1. The van der Waals surface area contributed by atoms with Crippen LogP contribution >= 0.6 is 11.6 Å². The average molecular weight is 324 g/mol. The van der Waals surface area contributed by atoms with Crippen molar-refractivity contribution >= 4 is 23.2 Å². The monoisotopic (exact) mass is 323 g/mol. The summed E-state index contributed by atoms with van der Waals surface area (Å²) < 4.78 is 0. The lowest BCUT2D eigenvalue weighted by atomic mass is 9.79. The molecule has 1 amide bonds. The molecule has 1 aromatic rings. The Bertz CT molecular complexity index is 542. The van der Waals surface area contributed by atoms with Gasteiger partial charge in [0, 0.05) is 24.6 Å². The van der Waals surface area contributed by atoms with Crippen molar-refractivity contribution in [2.45, 2.75) is 50.7 Å². The van der Waals surface area contributed by atoms with E-state index in [1.807, 2.05) is 36.1 Å². The zero-order chi connectivity index (χ0) is 15.6. The van der Waals surface area contributed by atoms with Gasteiger partial charge in [0.15, 0.2) is 0 Å². The highest BCUT2D eigenvalue weighted by Crippen LogP contribution is 2.41. The van der Waals surface area contributed by atoms with E-state index in [0.29, 0.717) is 6.61 Å². The third-order valence-corrected chi connectivity index (χ3v) is 5.01. The van der Waals surface area contributed by atoms with Gasteiger partial charge >= 0.3 is 0 Å². The molecule has 1 heterocycles. The van der Waals surface area contributed by atoms with E-state index >= 15 is 0 Å². The molecule has 0 N–H and O–H groups in total. The topological polar surface area (TPSA) is 38.8 Å². The van der Waals surface area contributed by atoms with E-state index in [1.54, 1.807) is 0 Å². The maximum absolute atomic E-state index is 12.5. The third-order valence-electron chi connectivity index (χ3n) is 4.78. The van der Waals surface area contributed by atoms with E-state index in [0.717, 1.165) is 43.4 Å². The van der Waals surface area contributed by atoms with Gasteiger partial charge in [-0.1, -0.05) is 18.2 Å². The van der Waals surface area contributed by atoms with Crippen molar-refractivity contribution in [1.82, 2.24) is 0 Å². The first kappa shape index (κ1) is 15.8. The number of hydrogen-bond acceptors (Lipinski definition) is 3. The SMILES string of the molecule is Cc1ccccc1N(C(=O)CCl)C1CCCC2(CCOO2)C1. The number of nitrogens with zero attached hydrogens (tertiary/aromatic N) is 1. The molecule has 3 rings (SSSR count). The van der Waals surface area contributed by atoms with Crippen LogP contribution in [0.2, 0.25) is 0 Å². The molecule has 1 aliphatic carbocycles. The van der Waals surface area contributed by atoms with Crippen LogP contribution in [0.5, 0.6) is 0 Å². The van der Waals surface area contributed by atoms with Gasteiger partial charge in [0.05, 0.1) is 6.61 Å². The van der Waals surface area contributed by atoms with Gasteiger partial charge in [0.2, 0.25) is 5.91 Å². The Balaban J connectivity index is 1.89. The number of anilines is 1. The van der Waals surface area contributed by atoms with E-state index in [-0.39, 0.29) is 23.4 Å². The Kier molecular flexibility index (Phi) is 4.71. The smallest absolute Gasteiger partial charge is 0.242 e. The summed E-state index contributed by atoms with van der Waals surface area (Å²) in [4.78, 5) is 25.1. The first-order valence-electron chi connectivity index (χ1n) is 7.89. The Morgan fingerprint density at radius 1 is 1.41 bits per heavy atom. The molecule has 4 nitrogen and oxygen atoms in total. The Morgan fingerprint density at radius 2 is 2.23 bits per heavy atom. The van der Waals surface area contributed by atoms with Crippen LogP contribution < -0.4 is 4.90 Å².